The van der Waals surface area contributed by atoms with E-state index >= 15 is 4.39 Å². The second-order valence-corrected chi connectivity index (χ2v) is 7.35. The Labute approximate surface area is 164 Å². The third kappa shape index (κ3) is 4.32. The van der Waals surface area contributed by atoms with Gasteiger partial charge in [0.15, 0.2) is 0 Å². The molecule has 28 heavy (non-hydrogen) atoms. The number of aryl methyl sites for hydroxylation is 1. The molecule has 4 rings (SSSR count). The Kier molecular flexibility index (Phi) is 5.28. The molecule has 1 fully saturated rings. The number of anilines is 1. The van der Waals surface area contributed by atoms with Crippen LogP contribution in [0.2, 0.25) is 0 Å². The minimum atomic E-state index is -1.56. The van der Waals surface area contributed by atoms with Crippen molar-refractivity contribution >= 4 is 18.0 Å². The van der Waals surface area contributed by atoms with Gasteiger partial charge in [0.05, 0.1) is 12.2 Å². The normalized spacial score (nSPS) is 21.4. The van der Waals surface area contributed by atoms with Crippen LogP contribution < -0.4 is 5.32 Å². The maximum atomic E-state index is 15.1. The fraction of sp³-hybridized carbons (Fsp3) is 0.364. The van der Waals surface area contributed by atoms with E-state index in [0.29, 0.717) is 6.54 Å². The molecule has 0 saturated carbocycles. The number of pyridine rings is 1. The fourth-order valence-corrected chi connectivity index (χ4v) is 3.57. The highest BCUT2D eigenvalue weighted by Gasteiger charge is 2.38. The number of hydrogen-bond donors (Lipinski definition) is 1. The largest absolute Gasteiger partial charge is 0.445 e. The summed E-state index contributed by atoms with van der Waals surface area (Å²) in [7, 11) is 0. The number of nitrogens with one attached hydrogen (secondary N) is 1. The Morgan fingerprint density at radius 3 is 3.00 bits per heavy atom. The second kappa shape index (κ2) is 8.00. The average Bonchev–Trinajstić information content (AvgIpc) is 3.14. The first-order chi connectivity index (χ1) is 13.6. The number of alkyl halides is 1. The van der Waals surface area contributed by atoms with E-state index in [9.17, 15) is 4.79 Å². The van der Waals surface area contributed by atoms with Crippen molar-refractivity contribution in [2.45, 2.75) is 31.5 Å². The molecule has 1 atom stereocenters. The minimum Gasteiger partial charge on any atom is -0.445 e. The summed E-state index contributed by atoms with van der Waals surface area (Å²) in [5, 5.41) is 3.28. The van der Waals surface area contributed by atoms with Crippen LogP contribution in [-0.4, -0.2) is 41.3 Å². The standard InChI is InChI=1S/C22H24FN3O2/c23-22(11-10-19-9-8-18-7-4-13-24-20(18)25-19)12-14-26(16-22)21(27)28-15-17-5-2-1-3-6-17/h1-3,5-6,8-11H,4,7,12-16H2,(H,24,25)/b11-10+/t22-/m1/s1. The Morgan fingerprint density at radius 2 is 2.14 bits per heavy atom. The zero-order valence-corrected chi connectivity index (χ0v) is 15.7. The molecule has 0 bridgehead atoms. The molecule has 3 heterocycles. The number of ether oxygens (including phenoxy) is 1. The van der Waals surface area contributed by atoms with Gasteiger partial charge in [-0.25, -0.2) is 14.2 Å². The van der Waals surface area contributed by atoms with Crippen LogP contribution >= 0.6 is 0 Å². The lowest BCUT2D eigenvalue weighted by Gasteiger charge is -2.18. The Balaban J connectivity index is 1.34. The van der Waals surface area contributed by atoms with Gasteiger partial charge < -0.3 is 15.0 Å². The van der Waals surface area contributed by atoms with Crippen molar-refractivity contribution in [1.29, 1.82) is 0 Å². The third-order valence-electron chi connectivity index (χ3n) is 5.18. The molecule has 2 aliphatic heterocycles. The quantitative estimate of drug-likeness (QED) is 0.862. The molecule has 5 nitrogen and oxygen atoms in total. The van der Waals surface area contributed by atoms with Crippen LogP contribution in [0.15, 0.2) is 48.5 Å². The maximum absolute atomic E-state index is 15.1. The first kappa shape index (κ1) is 18.5. The predicted molar refractivity (Wildman–Crippen MR) is 107 cm³/mol. The van der Waals surface area contributed by atoms with Crippen LogP contribution in [0.4, 0.5) is 15.0 Å². The lowest BCUT2D eigenvalue weighted by atomic mass is 10.0. The third-order valence-corrected chi connectivity index (χ3v) is 5.18. The first-order valence-electron chi connectivity index (χ1n) is 9.69. The van der Waals surface area contributed by atoms with Crippen LogP contribution in [0.1, 0.15) is 29.7 Å². The van der Waals surface area contributed by atoms with Gasteiger partial charge in [-0.15, -0.1) is 0 Å². The van der Waals surface area contributed by atoms with Crippen LogP contribution in [0.5, 0.6) is 0 Å². The smallest absolute Gasteiger partial charge is 0.410 e. The van der Waals surface area contributed by atoms with Crippen molar-refractivity contribution in [2.24, 2.45) is 0 Å². The van der Waals surface area contributed by atoms with E-state index in [1.165, 1.54) is 16.5 Å². The molecular formula is C22H24FN3O2. The SMILES string of the molecule is O=C(OCc1ccccc1)N1CC[C@](F)(/C=C/c2ccc3c(n2)NCCC3)C1. The Hall–Kier alpha value is -2.89. The summed E-state index contributed by atoms with van der Waals surface area (Å²) in [6, 6.07) is 13.4. The van der Waals surface area contributed by atoms with E-state index in [2.05, 4.69) is 10.3 Å². The number of halogens is 1. The molecule has 1 aromatic heterocycles. The van der Waals surface area contributed by atoms with Crippen molar-refractivity contribution < 1.29 is 13.9 Å². The number of rotatable bonds is 4. The van der Waals surface area contributed by atoms with Crippen molar-refractivity contribution in [2.75, 3.05) is 25.0 Å². The second-order valence-electron chi connectivity index (χ2n) is 7.35. The minimum absolute atomic E-state index is 0.000311. The van der Waals surface area contributed by atoms with E-state index in [4.69, 9.17) is 4.74 Å². The number of carbonyl (C=O) groups excluding carboxylic acids is 1. The maximum Gasteiger partial charge on any atom is 0.410 e. The summed E-state index contributed by atoms with van der Waals surface area (Å²) in [6.45, 7) is 1.45. The van der Waals surface area contributed by atoms with E-state index in [-0.39, 0.29) is 19.6 Å². The van der Waals surface area contributed by atoms with Gasteiger partial charge in [-0.05, 0) is 42.2 Å². The van der Waals surface area contributed by atoms with Crippen LogP contribution in [-0.2, 0) is 17.8 Å². The molecule has 1 aromatic carbocycles. The van der Waals surface area contributed by atoms with E-state index in [0.717, 1.165) is 36.5 Å². The van der Waals surface area contributed by atoms with Crippen LogP contribution in [0.3, 0.4) is 0 Å². The van der Waals surface area contributed by atoms with Gasteiger partial charge >= 0.3 is 6.09 Å². The number of carbonyl (C=O) groups is 1. The highest BCUT2D eigenvalue weighted by Crippen LogP contribution is 2.29. The number of amides is 1. The molecule has 0 radical (unpaired) electrons. The average molecular weight is 381 g/mol. The zero-order chi connectivity index (χ0) is 19.4. The van der Waals surface area contributed by atoms with E-state index in [1.54, 1.807) is 6.08 Å². The van der Waals surface area contributed by atoms with Crippen molar-refractivity contribution in [1.82, 2.24) is 9.88 Å². The summed E-state index contributed by atoms with van der Waals surface area (Å²) in [6.07, 6.45) is 5.13. The van der Waals surface area contributed by atoms with Gasteiger partial charge in [-0.3, -0.25) is 0 Å². The van der Waals surface area contributed by atoms with Crippen molar-refractivity contribution in [3.63, 3.8) is 0 Å². The molecule has 0 aliphatic carbocycles. The summed E-state index contributed by atoms with van der Waals surface area (Å²) in [5.41, 5.74) is 1.27. The van der Waals surface area contributed by atoms with Crippen molar-refractivity contribution in [3.8, 4) is 0 Å². The van der Waals surface area contributed by atoms with E-state index in [1.807, 2.05) is 42.5 Å². The number of fused-ring (bicyclic) bond motifs is 1. The molecule has 1 N–H and O–H groups in total. The molecule has 0 spiro atoms. The Morgan fingerprint density at radius 1 is 1.29 bits per heavy atom. The molecule has 6 heteroatoms. The van der Waals surface area contributed by atoms with Gasteiger partial charge in [0.25, 0.3) is 0 Å². The lowest BCUT2D eigenvalue weighted by molar-refractivity contribution is 0.0988. The summed E-state index contributed by atoms with van der Waals surface area (Å²) in [4.78, 5) is 18.2. The van der Waals surface area contributed by atoms with E-state index < -0.39 is 11.8 Å². The number of hydrogen-bond acceptors (Lipinski definition) is 4. The first-order valence-corrected chi connectivity index (χ1v) is 9.69. The summed E-state index contributed by atoms with van der Waals surface area (Å²) in [5.74, 6) is 0.888. The van der Waals surface area contributed by atoms with Gasteiger partial charge in [-0.2, -0.15) is 0 Å². The summed E-state index contributed by atoms with van der Waals surface area (Å²) >= 11 is 0. The number of nitrogens with zero attached hydrogens (tertiary/aromatic N) is 2. The lowest BCUT2D eigenvalue weighted by Crippen LogP contribution is -2.32. The number of aromatic nitrogens is 1. The molecule has 1 saturated heterocycles. The molecule has 1 amide bonds. The van der Waals surface area contributed by atoms with Gasteiger partial charge in [0, 0.05) is 19.5 Å². The summed E-state index contributed by atoms with van der Waals surface area (Å²) < 4.78 is 20.4. The Bertz CT molecular complexity index is 871. The highest BCUT2D eigenvalue weighted by atomic mass is 19.1. The topological polar surface area (TPSA) is 54.5 Å². The molecule has 146 valence electrons. The molecular weight excluding hydrogens is 357 g/mol. The number of benzene rings is 1. The van der Waals surface area contributed by atoms with Gasteiger partial charge in [-0.1, -0.05) is 36.4 Å². The molecule has 2 aliphatic rings. The van der Waals surface area contributed by atoms with Crippen molar-refractivity contribution in [3.05, 3.63) is 65.4 Å². The molecule has 0 unspecified atom stereocenters. The van der Waals surface area contributed by atoms with Gasteiger partial charge in [0.1, 0.15) is 18.1 Å². The molecule has 2 aromatic rings. The zero-order valence-electron chi connectivity index (χ0n) is 15.7. The highest BCUT2D eigenvalue weighted by molar-refractivity contribution is 5.68. The van der Waals surface area contributed by atoms with Crippen LogP contribution in [0, 0.1) is 0 Å². The predicted octanol–water partition coefficient (Wildman–Crippen LogP) is 4.20. The van der Waals surface area contributed by atoms with Gasteiger partial charge in [0.2, 0.25) is 0 Å². The fourth-order valence-electron chi connectivity index (χ4n) is 3.57. The monoisotopic (exact) mass is 381 g/mol. The van der Waals surface area contributed by atoms with Crippen LogP contribution in [0.25, 0.3) is 6.08 Å². The number of likely N-dealkylation sites (tertiary alicyclic amines) is 1.